The fourth-order valence-corrected chi connectivity index (χ4v) is 3.99. The van der Waals surface area contributed by atoms with Crippen LogP contribution in [0.3, 0.4) is 0 Å². The molecular weight excluding hydrogens is 321 g/mol. The number of nitrogens with zero attached hydrogens (tertiary/aromatic N) is 2. The number of rotatable bonds is 3. The second-order valence-electron chi connectivity index (χ2n) is 3.80. The van der Waals surface area contributed by atoms with Gasteiger partial charge in [0, 0.05) is 28.0 Å². The van der Waals surface area contributed by atoms with Gasteiger partial charge in [-0.05, 0) is 18.2 Å². The van der Waals surface area contributed by atoms with E-state index in [0.29, 0.717) is 16.6 Å². The van der Waals surface area contributed by atoms with Crippen LogP contribution in [0.1, 0.15) is 5.69 Å². The van der Waals surface area contributed by atoms with E-state index in [-0.39, 0.29) is 0 Å². The predicted octanol–water partition coefficient (Wildman–Crippen LogP) is 4.31. The minimum atomic E-state index is 0.429. The molecular formula is C12H9Cl2N3S2. The van der Waals surface area contributed by atoms with E-state index in [2.05, 4.69) is 4.98 Å². The summed E-state index contributed by atoms with van der Waals surface area (Å²) in [6.45, 7) is 0.429. The number of aromatic nitrogens is 2. The number of halogens is 2. The van der Waals surface area contributed by atoms with Crippen LogP contribution in [0.2, 0.25) is 10.0 Å². The summed E-state index contributed by atoms with van der Waals surface area (Å²) in [7, 11) is 0. The molecule has 3 nitrogen and oxygen atoms in total. The van der Waals surface area contributed by atoms with Gasteiger partial charge in [-0.1, -0.05) is 35.0 Å². The fraction of sp³-hybridized carbons (Fsp3) is 0.0833. The summed E-state index contributed by atoms with van der Waals surface area (Å²) < 4.78 is 2.01. The second-order valence-corrected chi connectivity index (χ2v) is 6.55. The molecule has 0 spiro atoms. The van der Waals surface area contributed by atoms with E-state index in [1.54, 1.807) is 23.5 Å². The van der Waals surface area contributed by atoms with Crippen molar-refractivity contribution in [3.05, 3.63) is 45.5 Å². The summed E-state index contributed by atoms with van der Waals surface area (Å²) in [5.41, 5.74) is 6.80. The average Bonchev–Trinajstić information content (AvgIpc) is 2.94. The van der Waals surface area contributed by atoms with E-state index in [1.165, 1.54) is 11.8 Å². The lowest BCUT2D eigenvalue weighted by molar-refractivity contribution is 0.924. The monoisotopic (exact) mass is 329 g/mol. The van der Waals surface area contributed by atoms with E-state index in [9.17, 15) is 0 Å². The Morgan fingerprint density at radius 2 is 2.21 bits per heavy atom. The normalized spacial score (nSPS) is 11.3. The SMILES string of the molecule is NCc1c(Sc2cc(Cl)ccc2Cl)nc2sccn12. The van der Waals surface area contributed by atoms with Gasteiger partial charge in [0.15, 0.2) is 4.96 Å². The van der Waals surface area contributed by atoms with Crippen LogP contribution in [0.5, 0.6) is 0 Å². The number of hydrogen-bond donors (Lipinski definition) is 1. The molecule has 0 atom stereocenters. The lowest BCUT2D eigenvalue weighted by Gasteiger charge is -2.04. The maximum Gasteiger partial charge on any atom is 0.194 e. The number of thiazole rings is 1. The molecule has 0 saturated heterocycles. The van der Waals surface area contributed by atoms with Gasteiger partial charge < -0.3 is 5.73 Å². The first-order valence-electron chi connectivity index (χ1n) is 5.46. The summed E-state index contributed by atoms with van der Waals surface area (Å²) in [6, 6.07) is 5.39. The molecule has 2 N–H and O–H groups in total. The zero-order valence-corrected chi connectivity index (χ0v) is 12.8. The molecule has 98 valence electrons. The van der Waals surface area contributed by atoms with E-state index >= 15 is 0 Å². The van der Waals surface area contributed by atoms with Crippen molar-refractivity contribution < 1.29 is 0 Å². The highest BCUT2D eigenvalue weighted by molar-refractivity contribution is 7.99. The lowest BCUT2D eigenvalue weighted by atomic mass is 10.4. The average molecular weight is 330 g/mol. The summed E-state index contributed by atoms with van der Waals surface area (Å²) in [5, 5.41) is 4.18. The van der Waals surface area contributed by atoms with Crippen LogP contribution in [0.15, 0.2) is 39.7 Å². The molecule has 0 fully saturated rings. The Hall–Kier alpha value is -0.720. The molecule has 2 heterocycles. The first-order valence-corrected chi connectivity index (χ1v) is 7.91. The summed E-state index contributed by atoms with van der Waals surface area (Å²) in [5.74, 6) is 0. The first kappa shape index (κ1) is 13.3. The molecule has 0 radical (unpaired) electrons. The number of imidazole rings is 1. The molecule has 3 aromatic rings. The highest BCUT2D eigenvalue weighted by atomic mass is 35.5. The molecule has 0 aliphatic rings. The third-order valence-corrected chi connectivity index (χ3v) is 5.13. The molecule has 1 aromatic carbocycles. The Bertz CT molecular complexity index is 736. The molecule has 7 heteroatoms. The minimum Gasteiger partial charge on any atom is -0.325 e. The molecule has 19 heavy (non-hydrogen) atoms. The van der Waals surface area contributed by atoms with Gasteiger partial charge in [0.25, 0.3) is 0 Å². The zero-order valence-electron chi connectivity index (χ0n) is 9.64. The van der Waals surface area contributed by atoms with E-state index < -0.39 is 0 Å². The minimum absolute atomic E-state index is 0.429. The molecule has 2 aromatic heterocycles. The fourth-order valence-electron chi connectivity index (χ4n) is 1.74. The van der Waals surface area contributed by atoms with Gasteiger partial charge in [-0.25, -0.2) is 4.98 Å². The van der Waals surface area contributed by atoms with Gasteiger partial charge >= 0.3 is 0 Å². The van der Waals surface area contributed by atoms with Crippen molar-refractivity contribution in [2.24, 2.45) is 5.73 Å². The van der Waals surface area contributed by atoms with Crippen LogP contribution in [-0.4, -0.2) is 9.38 Å². The quantitative estimate of drug-likeness (QED) is 0.778. The number of benzene rings is 1. The Morgan fingerprint density at radius 3 is 3.00 bits per heavy atom. The topological polar surface area (TPSA) is 43.3 Å². The number of hydrogen-bond acceptors (Lipinski definition) is 4. The van der Waals surface area contributed by atoms with Crippen molar-refractivity contribution in [2.45, 2.75) is 16.5 Å². The number of fused-ring (bicyclic) bond motifs is 1. The van der Waals surface area contributed by atoms with Crippen LogP contribution in [0.4, 0.5) is 0 Å². The Balaban J connectivity index is 2.05. The van der Waals surface area contributed by atoms with Crippen LogP contribution < -0.4 is 5.73 Å². The standard InChI is InChI=1S/C12H9Cl2N3S2/c13-7-1-2-8(14)10(5-7)19-11-9(6-15)17-3-4-18-12(17)16-11/h1-5H,6,15H2. The maximum absolute atomic E-state index is 6.17. The van der Waals surface area contributed by atoms with Crippen LogP contribution in [0.25, 0.3) is 4.96 Å². The molecule has 0 aliphatic heterocycles. The number of nitrogens with two attached hydrogens (primary N) is 1. The van der Waals surface area contributed by atoms with Crippen LogP contribution in [0, 0.1) is 0 Å². The molecule has 0 aliphatic carbocycles. The molecule has 0 amide bonds. The van der Waals surface area contributed by atoms with Crippen LogP contribution in [-0.2, 0) is 6.54 Å². The van der Waals surface area contributed by atoms with Crippen molar-refractivity contribution >= 4 is 51.3 Å². The zero-order chi connectivity index (χ0) is 13.4. The summed E-state index contributed by atoms with van der Waals surface area (Å²) >= 11 is 15.2. The lowest BCUT2D eigenvalue weighted by Crippen LogP contribution is -2.00. The van der Waals surface area contributed by atoms with E-state index in [4.69, 9.17) is 28.9 Å². The Morgan fingerprint density at radius 1 is 1.37 bits per heavy atom. The van der Waals surface area contributed by atoms with E-state index in [0.717, 1.165) is 20.6 Å². The predicted molar refractivity (Wildman–Crippen MR) is 81.5 cm³/mol. The van der Waals surface area contributed by atoms with Crippen molar-refractivity contribution in [1.29, 1.82) is 0 Å². The summed E-state index contributed by atoms with van der Waals surface area (Å²) in [6.07, 6.45) is 1.97. The van der Waals surface area contributed by atoms with Crippen molar-refractivity contribution in [3.8, 4) is 0 Å². The van der Waals surface area contributed by atoms with Crippen LogP contribution >= 0.6 is 46.3 Å². The van der Waals surface area contributed by atoms with Crippen molar-refractivity contribution in [2.75, 3.05) is 0 Å². The third-order valence-electron chi connectivity index (χ3n) is 2.62. The molecule has 0 unspecified atom stereocenters. The molecule has 0 bridgehead atoms. The van der Waals surface area contributed by atoms with Gasteiger partial charge in [-0.3, -0.25) is 4.40 Å². The Kier molecular flexibility index (Phi) is 3.73. The third kappa shape index (κ3) is 2.49. The van der Waals surface area contributed by atoms with Gasteiger partial charge in [-0.2, -0.15) is 0 Å². The van der Waals surface area contributed by atoms with Crippen molar-refractivity contribution in [1.82, 2.24) is 9.38 Å². The maximum atomic E-state index is 6.17. The smallest absolute Gasteiger partial charge is 0.194 e. The molecule has 0 saturated carbocycles. The van der Waals surface area contributed by atoms with E-state index in [1.807, 2.05) is 22.0 Å². The summed E-state index contributed by atoms with van der Waals surface area (Å²) in [4.78, 5) is 6.39. The highest BCUT2D eigenvalue weighted by Gasteiger charge is 2.14. The van der Waals surface area contributed by atoms with Crippen molar-refractivity contribution in [3.63, 3.8) is 0 Å². The van der Waals surface area contributed by atoms with Gasteiger partial charge in [-0.15, -0.1) is 11.3 Å². The first-order chi connectivity index (χ1) is 9.19. The van der Waals surface area contributed by atoms with Gasteiger partial charge in [0.05, 0.1) is 10.7 Å². The largest absolute Gasteiger partial charge is 0.325 e. The Labute approximate surface area is 128 Å². The second kappa shape index (κ2) is 5.34. The highest BCUT2D eigenvalue weighted by Crippen LogP contribution is 2.37. The molecule has 3 rings (SSSR count). The van der Waals surface area contributed by atoms with Gasteiger partial charge in [0.1, 0.15) is 5.03 Å². The van der Waals surface area contributed by atoms with Gasteiger partial charge in [0.2, 0.25) is 0 Å².